The van der Waals surface area contributed by atoms with Gasteiger partial charge in [0.25, 0.3) is 5.69 Å². The van der Waals surface area contributed by atoms with E-state index in [0.29, 0.717) is 24.7 Å². The second-order valence-electron chi connectivity index (χ2n) is 6.31. The van der Waals surface area contributed by atoms with Crippen LogP contribution in [-0.2, 0) is 6.54 Å². The second kappa shape index (κ2) is 8.30. The van der Waals surface area contributed by atoms with E-state index < -0.39 is 16.8 Å². The summed E-state index contributed by atoms with van der Waals surface area (Å²) in [5.41, 5.74) is 0.894. The van der Waals surface area contributed by atoms with Crippen LogP contribution < -0.4 is 10.2 Å². The molecule has 2 aromatic carbocycles. The van der Waals surface area contributed by atoms with E-state index >= 15 is 0 Å². The van der Waals surface area contributed by atoms with E-state index in [0.717, 1.165) is 11.6 Å². The molecule has 0 atom stereocenters. The van der Waals surface area contributed by atoms with Crippen molar-refractivity contribution in [1.82, 2.24) is 4.90 Å². The average Bonchev–Trinajstić information content (AvgIpc) is 2.68. The molecule has 1 amide bonds. The third kappa shape index (κ3) is 4.42. The SMILES string of the molecule is O=C(O)N1CCN(c2cc(NCc3ccc(Cl)cc3)c([N+](=O)[O-])cc2F)CC1. The standard InChI is InChI=1S/C18H18ClFN4O4/c19-13-3-1-12(2-4-13)11-21-15-10-16(14(20)9-17(15)24(27)28)22-5-7-23(8-6-22)18(25)26/h1-4,9-10,21H,5-8,11H2,(H,25,26). The topological polar surface area (TPSA) is 99.0 Å². The first-order chi connectivity index (χ1) is 13.3. The molecule has 28 heavy (non-hydrogen) atoms. The Bertz CT molecular complexity index is 886. The molecule has 1 aliphatic heterocycles. The minimum Gasteiger partial charge on any atom is -0.465 e. The van der Waals surface area contributed by atoms with Crippen LogP contribution in [0.5, 0.6) is 0 Å². The molecule has 2 aromatic rings. The fourth-order valence-corrected chi connectivity index (χ4v) is 3.15. The Balaban J connectivity index is 1.82. The molecule has 0 spiro atoms. The van der Waals surface area contributed by atoms with Crippen molar-refractivity contribution in [2.24, 2.45) is 0 Å². The minimum atomic E-state index is -1.02. The molecule has 8 nitrogen and oxygen atoms in total. The Hall–Kier alpha value is -3.07. The number of piperazine rings is 1. The van der Waals surface area contributed by atoms with Gasteiger partial charge in [-0.1, -0.05) is 23.7 Å². The Morgan fingerprint density at radius 3 is 2.43 bits per heavy atom. The number of benzene rings is 2. The highest BCUT2D eigenvalue weighted by molar-refractivity contribution is 6.30. The highest BCUT2D eigenvalue weighted by Crippen LogP contribution is 2.33. The first-order valence-corrected chi connectivity index (χ1v) is 8.92. The van der Waals surface area contributed by atoms with Crippen LogP contribution in [0.3, 0.4) is 0 Å². The number of carbonyl (C=O) groups is 1. The maximum absolute atomic E-state index is 14.5. The van der Waals surface area contributed by atoms with E-state index in [4.69, 9.17) is 16.7 Å². The van der Waals surface area contributed by atoms with Crippen molar-refractivity contribution in [1.29, 1.82) is 0 Å². The first kappa shape index (κ1) is 19.7. The van der Waals surface area contributed by atoms with Crippen molar-refractivity contribution in [2.75, 3.05) is 36.4 Å². The minimum absolute atomic E-state index is 0.192. The molecule has 0 unspecified atom stereocenters. The van der Waals surface area contributed by atoms with Gasteiger partial charge in [-0.05, 0) is 23.8 Å². The fourth-order valence-electron chi connectivity index (χ4n) is 3.02. The summed E-state index contributed by atoms with van der Waals surface area (Å²) in [6, 6.07) is 9.30. The quantitative estimate of drug-likeness (QED) is 0.576. The zero-order chi connectivity index (χ0) is 20.3. The number of nitro benzene ring substituents is 1. The largest absolute Gasteiger partial charge is 0.465 e. The number of hydrogen-bond donors (Lipinski definition) is 2. The summed E-state index contributed by atoms with van der Waals surface area (Å²) in [6.07, 6.45) is -1.02. The maximum Gasteiger partial charge on any atom is 0.407 e. The van der Waals surface area contributed by atoms with Crippen molar-refractivity contribution in [3.05, 3.63) is 62.9 Å². The summed E-state index contributed by atoms with van der Waals surface area (Å²) in [5, 5.41) is 23.9. The Kier molecular flexibility index (Phi) is 5.84. The van der Waals surface area contributed by atoms with Crippen LogP contribution in [0, 0.1) is 15.9 Å². The molecule has 0 aromatic heterocycles. The molecule has 2 N–H and O–H groups in total. The van der Waals surface area contributed by atoms with Gasteiger partial charge in [0.05, 0.1) is 16.7 Å². The van der Waals surface area contributed by atoms with Crippen LogP contribution in [-0.4, -0.2) is 47.2 Å². The number of nitro groups is 1. The number of anilines is 2. The van der Waals surface area contributed by atoms with Gasteiger partial charge in [0.1, 0.15) is 5.69 Å². The van der Waals surface area contributed by atoms with Crippen molar-refractivity contribution >= 4 is 34.8 Å². The van der Waals surface area contributed by atoms with Gasteiger partial charge in [-0.25, -0.2) is 9.18 Å². The van der Waals surface area contributed by atoms with Crippen LogP contribution in [0.2, 0.25) is 5.02 Å². The first-order valence-electron chi connectivity index (χ1n) is 8.54. The Labute approximate surface area is 165 Å². The number of rotatable bonds is 5. The van der Waals surface area contributed by atoms with Gasteiger partial charge >= 0.3 is 6.09 Å². The lowest BCUT2D eigenvalue weighted by Crippen LogP contribution is -2.48. The summed E-state index contributed by atoms with van der Waals surface area (Å²) < 4.78 is 14.5. The molecule has 1 aliphatic rings. The van der Waals surface area contributed by atoms with Crippen molar-refractivity contribution < 1.29 is 19.2 Å². The lowest BCUT2D eigenvalue weighted by molar-refractivity contribution is -0.384. The molecule has 0 aliphatic carbocycles. The van der Waals surface area contributed by atoms with Gasteiger partial charge in [-0.2, -0.15) is 0 Å². The van der Waals surface area contributed by atoms with Crippen molar-refractivity contribution in [3.8, 4) is 0 Å². The summed E-state index contributed by atoms with van der Waals surface area (Å²) in [7, 11) is 0. The summed E-state index contributed by atoms with van der Waals surface area (Å²) in [6.45, 7) is 1.38. The predicted molar refractivity (Wildman–Crippen MR) is 104 cm³/mol. The Morgan fingerprint density at radius 1 is 1.21 bits per heavy atom. The van der Waals surface area contributed by atoms with Gasteiger partial charge in [-0.3, -0.25) is 10.1 Å². The highest BCUT2D eigenvalue weighted by atomic mass is 35.5. The smallest absolute Gasteiger partial charge is 0.407 e. The lowest BCUT2D eigenvalue weighted by Gasteiger charge is -2.34. The van der Waals surface area contributed by atoms with Crippen molar-refractivity contribution in [2.45, 2.75) is 6.54 Å². The molecule has 0 bridgehead atoms. The predicted octanol–water partition coefficient (Wildman–Crippen LogP) is 3.80. The van der Waals surface area contributed by atoms with Gasteiger partial charge in [0.2, 0.25) is 0 Å². The normalized spacial score (nSPS) is 14.1. The van der Waals surface area contributed by atoms with Gasteiger partial charge < -0.3 is 20.2 Å². The Morgan fingerprint density at radius 2 is 1.86 bits per heavy atom. The number of hydrogen-bond acceptors (Lipinski definition) is 5. The zero-order valence-corrected chi connectivity index (χ0v) is 15.5. The van der Waals surface area contributed by atoms with Crippen LogP contribution in [0.15, 0.2) is 36.4 Å². The molecular weight excluding hydrogens is 391 g/mol. The number of nitrogens with zero attached hydrogens (tertiary/aromatic N) is 3. The molecule has 1 saturated heterocycles. The fraction of sp³-hybridized carbons (Fsp3) is 0.278. The zero-order valence-electron chi connectivity index (χ0n) is 14.8. The number of halogens is 2. The highest BCUT2D eigenvalue weighted by Gasteiger charge is 2.25. The summed E-state index contributed by atoms with van der Waals surface area (Å²) >= 11 is 5.85. The molecule has 10 heteroatoms. The maximum atomic E-state index is 14.5. The number of amides is 1. The van der Waals surface area contributed by atoms with E-state index in [2.05, 4.69) is 5.32 Å². The molecule has 1 heterocycles. The number of carboxylic acid groups (broad SMARTS) is 1. The molecule has 0 radical (unpaired) electrons. The van der Waals surface area contributed by atoms with E-state index in [9.17, 15) is 19.3 Å². The van der Waals surface area contributed by atoms with E-state index in [1.54, 1.807) is 29.2 Å². The van der Waals surface area contributed by atoms with Crippen LogP contribution in [0.4, 0.5) is 26.2 Å². The van der Waals surface area contributed by atoms with E-state index in [1.807, 2.05) is 0 Å². The third-order valence-corrected chi connectivity index (χ3v) is 4.80. The van der Waals surface area contributed by atoms with Gasteiger partial charge in [0, 0.05) is 37.7 Å². The van der Waals surface area contributed by atoms with Crippen LogP contribution in [0.25, 0.3) is 0 Å². The lowest BCUT2D eigenvalue weighted by atomic mass is 10.1. The molecule has 0 saturated carbocycles. The third-order valence-electron chi connectivity index (χ3n) is 4.55. The molecule has 148 valence electrons. The average molecular weight is 409 g/mol. The van der Waals surface area contributed by atoms with Crippen LogP contribution >= 0.6 is 11.6 Å². The molecule has 1 fully saturated rings. The van der Waals surface area contributed by atoms with E-state index in [1.165, 1.54) is 11.0 Å². The summed E-state index contributed by atoms with van der Waals surface area (Å²) in [5.74, 6) is -0.715. The molecule has 3 rings (SSSR count). The van der Waals surface area contributed by atoms with E-state index in [-0.39, 0.29) is 30.2 Å². The summed E-state index contributed by atoms with van der Waals surface area (Å²) in [4.78, 5) is 24.6. The molecular formula is C18H18ClFN4O4. The van der Waals surface area contributed by atoms with Gasteiger partial charge in [-0.15, -0.1) is 0 Å². The monoisotopic (exact) mass is 408 g/mol. The number of nitrogens with one attached hydrogen (secondary N) is 1. The van der Waals surface area contributed by atoms with Crippen molar-refractivity contribution in [3.63, 3.8) is 0 Å². The van der Waals surface area contributed by atoms with Gasteiger partial charge in [0.15, 0.2) is 5.82 Å². The van der Waals surface area contributed by atoms with Crippen LogP contribution in [0.1, 0.15) is 5.56 Å². The second-order valence-corrected chi connectivity index (χ2v) is 6.75.